The number of hydrogen-bond acceptors (Lipinski definition) is 4. The van der Waals surface area contributed by atoms with E-state index in [-0.39, 0.29) is 5.56 Å². The average Bonchev–Trinajstić information content (AvgIpc) is 3.10. The fourth-order valence-corrected chi connectivity index (χ4v) is 3.36. The van der Waals surface area contributed by atoms with Gasteiger partial charge in [0.05, 0.1) is 22.3 Å². The molecule has 3 aromatic rings. The average molecular weight is 334 g/mol. The summed E-state index contributed by atoms with van der Waals surface area (Å²) >= 11 is 6.38. The summed E-state index contributed by atoms with van der Waals surface area (Å²) in [5.74, 6) is -0.379. The van der Waals surface area contributed by atoms with Crippen molar-refractivity contribution in [2.45, 2.75) is 18.8 Å². The van der Waals surface area contributed by atoms with E-state index < -0.39 is 11.7 Å². The quantitative estimate of drug-likeness (QED) is 0.635. The number of nitrogens with one attached hydrogen (secondary N) is 3. The van der Waals surface area contributed by atoms with Crippen LogP contribution >= 0.6 is 23.6 Å². The van der Waals surface area contributed by atoms with Crippen molar-refractivity contribution in [3.05, 3.63) is 39.4 Å². The van der Waals surface area contributed by atoms with Crippen molar-refractivity contribution in [3.8, 4) is 0 Å². The Morgan fingerprint density at radius 1 is 1.41 bits per heavy atom. The Balaban J connectivity index is 1.67. The maximum atomic E-state index is 13.7. The van der Waals surface area contributed by atoms with Crippen LogP contribution in [0.25, 0.3) is 11.0 Å². The number of fused-ring (bicyclic) bond motifs is 1. The number of thiazole rings is 1. The van der Waals surface area contributed by atoms with Crippen molar-refractivity contribution >= 4 is 45.6 Å². The lowest BCUT2D eigenvalue weighted by molar-refractivity contribution is 0.102. The van der Waals surface area contributed by atoms with E-state index in [1.54, 1.807) is 0 Å². The zero-order chi connectivity index (χ0) is 15.3. The number of aromatic nitrogens is 3. The second kappa shape index (κ2) is 4.99. The van der Waals surface area contributed by atoms with Crippen LogP contribution in [0.5, 0.6) is 0 Å². The lowest BCUT2D eigenvalue weighted by Gasteiger charge is -2.03. The molecule has 8 heteroatoms. The minimum atomic E-state index is -0.499. The predicted octanol–water partition coefficient (Wildman–Crippen LogP) is 3.95. The van der Waals surface area contributed by atoms with Gasteiger partial charge in [0, 0.05) is 11.3 Å². The highest BCUT2D eigenvalue weighted by Crippen LogP contribution is 2.40. The van der Waals surface area contributed by atoms with Gasteiger partial charge in [-0.25, -0.2) is 9.37 Å². The molecule has 112 valence electrons. The normalized spacial score (nSPS) is 14.4. The van der Waals surface area contributed by atoms with Crippen LogP contribution in [0.2, 0.25) is 0 Å². The van der Waals surface area contributed by atoms with Gasteiger partial charge in [0.1, 0.15) is 5.82 Å². The first-order valence-corrected chi connectivity index (χ1v) is 8.07. The van der Waals surface area contributed by atoms with E-state index in [2.05, 4.69) is 20.3 Å². The van der Waals surface area contributed by atoms with Crippen LogP contribution in [0.4, 0.5) is 9.52 Å². The van der Waals surface area contributed by atoms with E-state index in [0.717, 1.165) is 18.5 Å². The first-order valence-electron chi connectivity index (χ1n) is 6.78. The van der Waals surface area contributed by atoms with Crippen LogP contribution < -0.4 is 5.32 Å². The third kappa shape index (κ3) is 2.44. The number of nitrogens with zero attached hydrogens (tertiary/aromatic N) is 1. The van der Waals surface area contributed by atoms with Crippen molar-refractivity contribution in [2.75, 3.05) is 5.32 Å². The van der Waals surface area contributed by atoms with E-state index in [1.165, 1.54) is 23.5 Å². The summed E-state index contributed by atoms with van der Waals surface area (Å²) in [6.07, 6.45) is 2.31. The highest BCUT2D eigenvalue weighted by molar-refractivity contribution is 7.71. The van der Waals surface area contributed by atoms with Crippen molar-refractivity contribution < 1.29 is 9.18 Å². The third-order valence-electron chi connectivity index (χ3n) is 3.57. The lowest BCUT2D eigenvalue weighted by Crippen LogP contribution is -2.12. The molecule has 1 amide bonds. The summed E-state index contributed by atoms with van der Waals surface area (Å²) in [6, 6.07) is 2.49. The molecule has 0 aliphatic heterocycles. The molecule has 2 heterocycles. The molecule has 1 fully saturated rings. The fourth-order valence-electron chi connectivity index (χ4n) is 2.36. The highest BCUT2D eigenvalue weighted by Gasteiger charge is 2.26. The smallest absolute Gasteiger partial charge is 0.259 e. The van der Waals surface area contributed by atoms with E-state index in [0.29, 0.717) is 26.9 Å². The van der Waals surface area contributed by atoms with Gasteiger partial charge in [0.25, 0.3) is 5.91 Å². The number of imidazole rings is 1. The summed E-state index contributed by atoms with van der Waals surface area (Å²) in [6.45, 7) is 0. The molecule has 4 rings (SSSR count). The van der Waals surface area contributed by atoms with Gasteiger partial charge in [-0.2, -0.15) is 0 Å². The van der Waals surface area contributed by atoms with Gasteiger partial charge in [0.15, 0.2) is 9.90 Å². The molecule has 22 heavy (non-hydrogen) atoms. The van der Waals surface area contributed by atoms with Crippen LogP contribution in [0.15, 0.2) is 17.5 Å². The van der Waals surface area contributed by atoms with Gasteiger partial charge in [-0.3, -0.25) is 10.1 Å². The number of carbonyl (C=O) groups excluding carboxylic acids is 1. The number of anilines is 1. The van der Waals surface area contributed by atoms with E-state index in [1.807, 2.05) is 5.38 Å². The lowest BCUT2D eigenvalue weighted by atomic mass is 10.1. The van der Waals surface area contributed by atoms with Gasteiger partial charge in [-0.05, 0) is 37.2 Å². The Morgan fingerprint density at radius 2 is 2.23 bits per heavy atom. The topological polar surface area (TPSA) is 73.6 Å². The van der Waals surface area contributed by atoms with Crippen molar-refractivity contribution in [1.29, 1.82) is 0 Å². The Hall–Kier alpha value is -2.06. The molecule has 3 N–H and O–H groups in total. The molecular formula is C14H11FN4OS2. The second-order valence-electron chi connectivity index (χ2n) is 5.26. The minimum Gasteiger partial charge on any atom is -0.331 e. The second-order valence-corrected chi connectivity index (χ2v) is 6.53. The SMILES string of the molecule is O=C(Nc1nc(C2CC2)cs1)c1cc(F)cc2[nH]c(=S)[nH]c12. The van der Waals surface area contributed by atoms with Crippen LogP contribution in [0.1, 0.15) is 34.8 Å². The molecule has 0 radical (unpaired) electrons. The summed E-state index contributed by atoms with van der Waals surface area (Å²) < 4.78 is 14.0. The van der Waals surface area contributed by atoms with E-state index in [9.17, 15) is 9.18 Å². The Bertz CT molecular complexity index is 938. The molecule has 0 atom stereocenters. The van der Waals surface area contributed by atoms with Gasteiger partial charge in [-0.1, -0.05) is 0 Å². The summed E-state index contributed by atoms with van der Waals surface area (Å²) in [4.78, 5) is 22.5. The molecular weight excluding hydrogens is 323 g/mol. The van der Waals surface area contributed by atoms with Gasteiger partial charge < -0.3 is 9.97 Å². The Morgan fingerprint density at radius 3 is 3.00 bits per heavy atom. The molecule has 5 nitrogen and oxygen atoms in total. The molecule has 1 aromatic carbocycles. The molecule has 1 aliphatic carbocycles. The summed E-state index contributed by atoms with van der Waals surface area (Å²) in [5.41, 5.74) is 2.17. The molecule has 2 aromatic heterocycles. The van der Waals surface area contributed by atoms with Crippen molar-refractivity contribution in [1.82, 2.24) is 15.0 Å². The molecule has 0 bridgehead atoms. The molecule has 1 saturated carbocycles. The first-order chi connectivity index (χ1) is 10.6. The largest absolute Gasteiger partial charge is 0.331 e. The van der Waals surface area contributed by atoms with Crippen LogP contribution in [-0.2, 0) is 0 Å². The van der Waals surface area contributed by atoms with Gasteiger partial charge in [0.2, 0.25) is 0 Å². The van der Waals surface area contributed by atoms with Gasteiger partial charge in [-0.15, -0.1) is 11.3 Å². The molecule has 0 unspecified atom stereocenters. The number of hydrogen-bond donors (Lipinski definition) is 3. The summed E-state index contributed by atoms with van der Waals surface area (Å²) in [5, 5.41) is 5.21. The zero-order valence-electron chi connectivity index (χ0n) is 11.3. The van der Waals surface area contributed by atoms with Crippen LogP contribution in [-0.4, -0.2) is 20.9 Å². The maximum absolute atomic E-state index is 13.7. The van der Waals surface area contributed by atoms with Crippen molar-refractivity contribution in [3.63, 3.8) is 0 Å². The van der Waals surface area contributed by atoms with Crippen molar-refractivity contribution in [2.24, 2.45) is 0 Å². The predicted molar refractivity (Wildman–Crippen MR) is 85.5 cm³/mol. The highest BCUT2D eigenvalue weighted by atomic mass is 32.1. The van der Waals surface area contributed by atoms with E-state index >= 15 is 0 Å². The van der Waals surface area contributed by atoms with Crippen LogP contribution in [0, 0.1) is 10.6 Å². The third-order valence-corrected chi connectivity index (χ3v) is 4.55. The monoisotopic (exact) mass is 334 g/mol. The number of carbonyl (C=O) groups is 1. The van der Waals surface area contributed by atoms with Crippen LogP contribution in [0.3, 0.4) is 0 Å². The maximum Gasteiger partial charge on any atom is 0.259 e. The Kier molecular flexibility index (Phi) is 3.08. The number of halogens is 1. The number of rotatable bonds is 3. The summed E-state index contributed by atoms with van der Waals surface area (Å²) in [7, 11) is 0. The number of benzene rings is 1. The first kappa shape index (κ1) is 13.6. The standard InChI is InChI=1S/C14H11FN4OS2/c15-7-3-8(11-9(4-7)16-13(21)18-11)12(20)19-14-17-10(5-22-14)6-1-2-6/h3-6H,1-2H2,(H2,16,18,21)(H,17,19,20). The van der Waals surface area contributed by atoms with E-state index in [4.69, 9.17) is 12.2 Å². The number of amides is 1. The zero-order valence-corrected chi connectivity index (χ0v) is 12.9. The molecule has 1 aliphatic rings. The minimum absolute atomic E-state index is 0.200. The van der Waals surface area contributed by atoms with Gasteiger partial charge >= 0.3 is 0 Å². The molecule has 0 saturated heterocycles. The molecule has 0 spiro atoms. The number of aromatic amines is 2. The fraction of sp³-hybridized carbons (Fsp3) is 0.214. The number of H-pyrrole nitrogens is 2. The Labute approximate surface area is 133 Å².